The van der Waals surface area contributed by atoms with Crippen molar-refractivity contribution in [3.63, 3.8) is 0 Å². The highest BCUT2D eigenvalue weighted by molar-refractivity contribution is 6.34. The first-order valence-electron chi connectivity index (χ1n) is 9.68. The maximum atomic E-state index is 12.7. The van der Waals surface area contributed by atoms with Crippen LogP contribution in [0.15, 0.2) is 64.6 Å². The lowest BCUT2D eigenvalue weighted by Crippen LogP contribution is -2.26. The molecule has 0 radical (unpaired) electrons. The van der Waals surface area contributed by atoms with E-state index in [-0.39, 0.29) is 23.7 Å². The van der Waals surface area contributed by atoms with Crippen LogP contribution in [0.4, 0.5) is 0 Å². The van der Waals surface area contributed by atoms with Crippen LogP contribution in [0.25, 0.3) is 0 Å². The van der Waals surface area contributed by atoms with Gasteiger partial charge in [-0.25, -0.2) is 0 Å². The third-order valence-electron chi connectivity index (χ3n) is 4.88. The molecule has 156 valence electrons. The first kappa shape index (κ1) is 22.1. The number of halogens is 2. The molecular weight excluding hydrogens is 423 g/mol. The Morgan fingerprint density at radius 2 is 1.70 bits per heavy atom. The summed E-state index contributed by atoms with van der Waals surface area (Å²) in [5, 5.41) is 3.35. The molecule has 3 aromatic rings. The van der Waals surface area contributed by atoms with Gasteiger partial charge in [0.2, 0.25) is 0 Å². The Labute approximate surface area is 185 Å². The fraction of sp³-hybridized carbons (Fsp3) is 0.261. The van der Waals surface area contributed by atoms with Crippen molar-refractivity contribution in [2.24, 2.45) is 5.18 Å². The van der Waals surface area contributed by atoms with Gasteiger partial charge >= 0.3 is 0 Å². The van der Waals surface area contributed by atoms with Crippen molar-refractivity contribution in [1.29, 1.82) is 0 Å². The predicted molar refractivity (Wildman–Crippen MR) is 121 cm³/mol. The fourth-order valence-corrected chi connectivity index (χ4v) is 3.69. The van der Waals surface area contributed by atoms with Crippen LogP contribution >= 0.6 is 23.2 Å². The molecule has 1 aromatic heterocycles. The van der Waals surface area contributed by atoms with Gasteiger partial charge in [0, 0.05) is 6.54 Å². The number of hydrogen-bond acceptors (Lipinski definition) is 4. The molecule has 3 rings (SSSR count). The molecule has 0 aliphatic carbocycles. The highest BCUT2D eigenvalue weighted by Crippen LogP contribution is 2.22. The molecule has 0 atom stereocenters. The molecule has 5 nitrogen and oxygen atoms in total. The van der Waals surface area contributed by atoms with Gasteiger partial charge in [0.05, 0.1) is 10.7 Å². The zero-order chi connectivity index (χ0) is 21.5. The lowest BCUT2D eigenvalue weighted by Gasteiger charge is -2.16. The molecule has 2 aromatic carbocycles. The highest BCUT2D eigenvalue weighted by Gasteiger charge is 2.14. The Hall–Kier alpha value is -2.63. The molecule has 0 fully saturated rings. The zero-order valence-corrected chi connectivity index (χ0v) is 18.1. The Bertz CT molecular complexity index is 1080. The second kappa shape index (κ2) is 10.4. The molecule has 0 N–H and O–H groups in total. The number of aryl methyl sites for hydroxylation is 2. The van der Waals surface area contributed by atoms with E-state index in [1.54, 1.807) is 4.57 Å². The molecule has 30 heavy (non-hydrogen) atoms. The average molecular weight is 445 g/mol. The number of aromatic nitrogens is 1. The van der Waals surface area contributed by atoms with Crippen LogP contribution < -0.4 is 10.3 Å². The Balaban J connectivity index is 1.80. The van der Waals surface area contributed by atoms with Gasteiger partial charge in [-0.05, 0) is 47.7 Å². The summed E-state index contributed by atoms with van der Waals surface area (Å²) < 4.78 is 7.48. The summed E-state index contributed by atoms with van der Waals surface area (Å²) in [6.07, 6.45) is 1.51. The van der Waals surface area contributed by atoms with Crippen molar-refractivity contribution in [2.45, 2.75) is 39.5 Å². The molecular formula is C23H22Cl2N2O3. The van der Waals surface area contributed by atoms with Gasteiger partial charge in [0.15, 0.2) is 0 Å². The fourth-order valence-electron chi connectivity index (χ4n) is 3.15. The van der Waals surface area contributed by atoms with Crippen LogP contribution in [0.3, 0.4) is 0 Å². The zero-order valence-electron chi connectivity index (χ0n) is 16.6. The van der Waals surface area contributed by atoms with E-state index in [1.165, 1.54) is 11.6 Å². The number of nitroso groups, excluding NO2 is 1. The predicted octanol–water partition coefficient (Wildman–Crippen LogP) is 5.81. The second-order valence-electron chi connectivity index (χ2n) is 6.89. The maximum absolute atomic E-state index is 12.7. The number of benzene rings is 2. The van der Waals surface area contributed by atoms with Crippen molar-refractivity contribution < 1.29 is 4.74 Å². The van der Waals surface area contributed by atoms with Crippen LogP contribution in [-0.2, 0) is 32.5 Å². The van der Waals surface area contributed by atoms with E-state index < -0.39 is 0 Å². The highest BCUT2D eigenvalue weighted by atomic mass is 35.5. The van der Waals surface area contributed by atoms with Crippen molar-refractivity contribution in [3.8, 4) is 5.75 Å². The van der Waals surface area contributed by atoms with E-state index in [9.17, 15) is 9.70 Å². The monoisotopic (exact) mass is 444 g/mol. The van der Waals surface area contributed by atoms with E-state index in [2.05, 4.69) is 12.1 Å². The number of pyridine rings is 1. The van der Waals surface area contributed by atoms with Gasteiger partial charge in [-0.15, -0.1) is 0 Å². The van der Waals surface area contributed by atoms with E-state index in [1.807, 2.05) is 48.5 Å². The van der Waals surface area contributed by atoms with E-state index in [0.717, 1.165) is 23.3 Å². The van der Waals surface area contributed by atoms with Crippen LogP contribution in [0.1, 0.15) is 29.3 Å². The average Bonchev–Trinajstić information content (AvgIpc) is 2.76. The summed E-state index contributed by atoms with van der Waals surface area (Å²) in [5.41, 5.74) is 3.31. The third-order valence-corrected chi connectivity index (χ3v) is 5.48. The Kier molecular flexibility index (Phi) is 7.66. The lowest BCUT2D eigenvalue weighted by molar-refractivity contribution is 0.292. The van der Waals surface area contributed by atoms with Crippen LogP contribution in [0.2, 0.25) is 10.0 Å². The van der Waals surface area contributed by atoms with Crippen molar-refractivity contribution in [1.82, 2.24) is 4.57 Å². The Morgan fingerprint density at radius 3 is 2.40 bits per heavy atom. The molecule has 0 amide bonds. The van der Waals surface area contributed by atoms with Crippen LogP contribution in [0, 0.1) is 4.91 Å². The number of nitrogens with zero attached hydrogens (tertiary/aromatic N) is 2. The quantitative estimate of drug-likeness (QED) is 0.391. The van der Waals surface area contributed by atoms with Gasteiger partial charge in [-0.3, -0.25) is 4.79 Å². The molecule has 0 unspecified atom stereocenters. The summed E-state index contributed by atoms with van der Waals surface area (Å²) in [4.78, 5) is 23.1. The standard InChI is InChI=1S/C23H22Cl2N2O3/c1-2-16-4-3-5-19(12-16)30-15-22-20(24)13-21(25)23(28)27(22)11-10-17-6-8-18(9-7-17)14-26-29/h3-9,12-13H,2,10-11,14-15H2,1H3. The molecule has 0 spiro atoms. The van der Waals surface area contributed by atoms with Gasteiger partial charge in [-0.2, -0.15) is 4.91 Å². The first-order chi connectivity index (χ1) is 14.5. The van der Waals surface area contributed by atoms with Gasteiger partial charge < -0.3 is 9.30 Å². The molecule has 0 aliphatic heterocycles. The normalized spacial score (nSPS) is 10.8. The van der Waals surface area contributed by atoms with Gasteiger partial charge in [0.1, 0.15) is 23.9 Å². The molecule has 7 heteroatoms. The van der Waals surface area contributed by atoms with Gasteiger partial charge in [0.25, 0.3) is 5.56 Å². The lowest BCUT2D eigenvalue weighted by atomic mass is 10.1. The number of hydrogen-bond donors (Lipinski definition) is 0. The Morgan fingerprint density at radius 1 is 0.967 bits per heavy atom. The van der Waals surface area contributed by atoms with Crippen LogP contribution in [0.5, 0.6) is 5.75 Å². The molecule has 1 heterocycles. The summed E-state index contributed by atoms with van der Waals surface area (Å²) in [5.74, 6) is 0.721. The molecule has 0 bridgehead atoms. The van der Waals surface area contributed by atoms with Crippen molar-refractivity contribution >= 4 is 23.2 Å². The number of ether oxygens (including phenoxy) is 1. The van der Waals surface area contributed by atoms with Gasteiger partial charge in [-0.1, -0.05) is 71.7 Å². The summed E-state index contributed by atoms with van der Waals surface area (Å²) in [6, 6.07) is 16.8. The minimum atomic E-state index is -0.302. The largest absolute Gasteiger partial charge is 0.487 e. The molecule has 0 saturated carbocycles. The summed E-state index contributed by atoms with van der Waals surface area (Å²) >= 11 is 12.5. The maximum Gasteiger partial charge on any atom is 0.269 e. The van der Waals surface area contributed by atoms with E-state index >= 15 is 0 Å². The number of rotatable bonds is 9. The topological polar surface area (TPSA) is 60.7 Å². The minimum absolute atomic E-state index is 0.0733. The van der Waals surface area contributed by atoms with E-state index in [0.29, 0.717) is 23.7 Å². The summed E-state index contributed by atoms with van der Waals surface area (Å²) in [6.45, 7) is 2.78. The second-order valence-corrected chi connectivity index (χ2v) is 7.70. The first-order valence-corrected chi connectivity index (χ1v) is 10.4. The van der Waals surface area contributed by atoms with Crippen molar-refractivity contribution in [2.75, 3.05) is 0 Å². The van der Waals surface area contributed by atoms with Crippen LogP contribution in [-0.4, -0.2) is 4.57 Å². The van der Waals surface area contributed by atoms with E-state index in [4.69, 9.17) is 27.9 Å². The smallest absolute Gasteiger partial charge is 0.269 e. The third kappa shape index (κ3) is 5.49. The minimum Gasteiger partial charge on any atom is -0.487 e. The van der Waals surface area contributed by atoms with Crippen molar-refractivity contribution in [3.05, 3.63) is 102 Å². The SMILES string of the molecule is CCc1cccc(OCc2c(Cl)cc(Cl)c(=O)n2CCc2ccc(CN=O)cc2)c1. The summed E-state index contributed by atoms with van der Waals surface area (Å²) in [7, 11) is 0. The molecule has 0 saturated heterocycles. The molecule has 0 aliphatic rings.